The molecule has 2 aliphatic heterocycles. The predicted molar refractivity (Wildman–Crippen MR) is 116 cm³/mol. The summed E-state index contributed by atoms with van der Waals surface area (Å²) in [6.45, 7) is 4.92. The molecule has 2 aliphatic rings. The lowest BCUT2D eigenvalue weighted by Crippen LogP contribution is -2.15. The summed E-state index contributed by atoms with van der Waals surface area (Å²) in [5, 5.41) is 3.28. The summed E-state index contributed by atoms with van der Waals surface area (Å²) < 4.78 is 10.6. The number of rotatable bonds is 4. The molecular formula is C25H28N2O2. The van der Waals surface area contributed by atoms with E-state index < -0.39 is 0 Å². The predicted octanol–water partition coefficient (Wildman–Crippen LogP) is 4.51. The molecular weight excluding hydrogens is 360 g/mol. The second kappa shape index (κ2) is 9.12. The van der Waals surface area contributed by atoms with Crippen LogP contribution in [0.3, 0.4) is 0 Å². The van der Waals surface area contributed by atoms with E-state index in [9.17, 15) is 0 Å². The third-order valence-corrected chi connectivity index (χ3v) is 5.54. The Bertz CT molecular complexity index is 956. The first-order valence-corrected chi connectivity index (χ1v) is 10.0. The summed E-state index contributed by atoms with van der Waals surface area (Å²) in [6, 6.07) is 23.1. The fourth-order valence-corrected chi connectivity index (χ4v) is 4.09. The highest BCUT2D eigenvalue weighted by atomic mass is 16.5. The minimum absolute atomic E-state index is 0.944. The summed E-state index contributed by atoms with van der Waals surface area (Å²) in [6.07, 6.45) is 0. The van der Waals surface area contributed by atoms with Crippen molar-refractivity contribution < 1.29 is 9.47 Å². The minimum atomic E-state index is 0.944. The molecule has 0 amide bonds. The molecule has 3 aromatic rings. The van der Waals surface area contributed by atoms with Gasteiger partial charge in [-0.3, -0.25) is 4.90 Å². The van der Waals surface area contributed by atoms with E-state index in [1.807, 2.05) is 18.2 Å². The molecule has 5 rings (SSSR count). The van der Waals surface area contributed by atoms with Gasteiger partial charge in [-0.05, 0) is 28.8 Å². The van der Waals surface area contributed by atoms with Gasteiger partial charge in [0.05, 0.1) is 14.2 Å². The van der Waals surface area contributed by atoms with Gasteiger partial charge in [-0.15, -0.1) is 0 Å². The molecule has 0 saturated carbocycles. The normalized spacial score (nSPS) is 14.6. The molecule has 0 radical (unpaired) electrons. The van der Waals surface area contributed by atoms with Gasteiger partial charge in [0.25, 0.3) is 0 Å². The number of methoxy groups -OCH3 is 2. The van der Waals surface area contributed by atoms with Crippen molar-refractivity contribution in [1.29, 1.82) is 0 Å². The van der Waals surface area contributed by atoms with Gasteiger partial charge in [-0.1, -0.05) is 54.6 Å². The monoisotopic (exact) mass is 388 g/mol. The first-order valence-electron chi connectivity index (χ1n) is 10.0. The fraction of sp³-hybridized carbons (Fsp3) is 0.280. The maximum atomic E-state index is 5.43. The topological polar surface area (TPSA) is 33.7 Å². The van der Waals surface area contributed by atoms with E-state index in [4.69, 9.17) is 9.47 Å². The lowest BCUT2D eigenvalue weighted by Gasteiger charge is -2.14. The van der Waals surface area contributed by atoms with Crippen molar-refractivity contribution >= 4 is 0 Å². The van der Waals surface area contributed by atoms with Gasteiger partial charge < -0.3 is 14.8 Å². The first kappa shape index (κ1) is 19.5. The Morgan fingerprint density at radius 3 is 2.14 bits per heavy atom. The Hall–Kier alpha value is -2.82. The highest BCUT2D eigenvalue weighted by Gasteiger charge is 2.21. The molecule has 0 atom stereocenters. The van der Waals surface area contributed by atoms with E-state index in [0.717, 1.165) is 44.2 Å². The van der Waals surface area contributed by atoms with Crippen LogP contribution in [0.5, 0.6) is 11.5 Å². The van der Waals surface area contributed by atoms with Crippen LogP contribution in [0.1, 0.15) is 27.8 Å². The van der Waals surface area contributed by atoms with E-state index in [0.29, 0.717) is 0 Å². The van der Waals surface area contributed by atoms with Crippen LogP contribution < -0.4 is 14.8 Å². The number of benzene rings is 3. The standard InChI is InChI=1S/C16H17NO.C9H11NO/c1-18-16-9-5-8-14-11-17(12-15(14)16)10-13-6-3-2-4-7-13;1-11-9-4-2-3-7-5-10-6-8(7)9/h2-9H,10-12H2,1H3;2-4,10H,5-6H2,1H3. The van der Waals surface area contributed by atoms with Crippen molar-refractivity contribution in [2.75, 3.05) is 14.2 Å². The van der Waals surface area contributed by atoms with Crippen LogP contribution in [0.25, 0.3) is 0 Å². The van der Waals surface area contributed by atoms with Gasteiger partial charge in [-0.25, -0.2) is 0 Å². The van der Waals surface area contributed by atoms with Crippen molar-refractivity contribution in [2.24, 2.45) is 0 Å². The average molecular weight is 389 g/mol. The third-order valence-electron chi connectivity index (χ3n) is 5.54. The van der Waals surface area contributed by atoms with Crippen molar-refractivity contribution in [1.82, 2.24) is 10.2 Å². The van der Waals surface area contributed by atoms with E-state index in [-0.39, 0.29) is 0 Å². The highest BCUT2D eigenvalue weighted by molar-refractivity contribution is 5.43. The Kier molecular flexibility index (Phi) is 6.13. The molecule has 0 spiro atoms. The van der Waals surface area contributed by atoms with Crippen LogP contribution in [0.15, 0.2) is 66.7 Å². The van der Waals surface area contributed by atoms with E-state index in [1.165, 1.54) is 27.8 Å². The zero-order valence-electron chi connectivity index (χ0n) is 17.2. The quantitative estimate of drug-likeness (QED) is 0.713. The number of nitrogens with one attached hydrogen (secondary N) is 1. The average Bonchev–Trinajstić information content (AvgIpc) is 3.41. The second-order valence-corrected chi connectivity index (χ2v) is 7.43. The van der Waals surface area contributed by atoms with Gasteiger partial charge in [0.15, 0.2) is 0 Å². The summed E-state index contributed by atoms with van der Waals surface area (Å²) in [5.74, 6) is 2.02. The third kappa shape index (κ3) is 4.44. The molecule has 0 aromatic heterocycles. The van der Waals surface area contributed by atoms with Crippen LogP contribution in [0.4, 0.5) is 0 Å². The second-order valence-electron chi connectivity index (χ2n) is 7.43. The van der Waals surface area contributed by atoms with Crippen LogP contribution >= 0.6 is 0 Å². The lowest BCUT2D eigenvalue weighted by atomic mass is 10.1. The van der Waals surface area contributed by atoms with Gasteiger partial charge in [0, 0.05) is 43.9 Å². The van der Waals surface area contributed by atoms with Gasteiger partial charge in [-0.2, -0.15) is 0 Å². The number of fused-ring (bicyclic) bond motifs is 2. The van der Waals surface area contributed by atoms with Crippen molar-refractivity contribution in [3.63, 3.8) is 0 Å². The first-order chi connectivity index (χ1) is 14.3. The minimum Gasteiger partial charge on any atom is -0.496 e. The van der Waals surface area contributed by atoms with Gasteiger partial charge >= 0.3 is 0 Å². The molecule has 0 saturated heterocycles. The van der Waals surface area contributed by atoms with Crippen molar-refractivity contribution in [3.05, 3.63) is 94.5 Å². The summed E-state index contributed by atoms with van der Waals surface area (Å²) >= 11 is 0. The fourth-order valence-electron chi connectivity index (χ4n) is 4.09. The van der Waals surface area contributed by atoms with E-state index >= 15 is 0 Å². The molecule has 3 aromatic carbocycles. The molecule has 0 unspecified atom stereocenters. The largest absolute Gasteiger partial charge is 0.496 e. The molecule has 150 valence electrons. The Morgan fingerprint density at radius 1 is 0.724 bits per heavy atom. The zero-order chi connectivity index (χ0) is 20.1. The smallest absolute Gasteiger partial charge is 0.123 e. The van der Waals surface area contributed by atoms with Crippen LogP contribution in [-0.2, 0) is 32.7 Å². The molecule has 1 N–H and O–H groups in total. The summed E-state index contributed by atoms with van der Waals surface area (Å²) in [7, 11) is 3.46. The molecule has 4 nitrogen and oxygen atoms in total. The van der Waals surface area contributed by atoms with Gasteiger partial charge in [0.1, 0.15) is 11.5 Å². The Morgan fingerprint density at radius 2 is 1.41 bits per heavy atom. The maximum absolute atomic E-state index is 5.43. The van der Waals surface area contributed by atoms with Crippen LogP contribution in [0, 0.1) is 0 Å². The molecule has 2 heterocycles. The number of hydrogen-bond acceptors (Lipinski definition) is 4. The summed E-state index contributed by atoms with van der Waals surface area (Å²) in [4.78, 5) is 2.45. The molecule has 29 heavy (non-hydrogen) atoms. The number of hydrogen-bond donors (Lipinski definition) is 1. The number of nitrogens with zero attached hydrogens (tertiary/aromatic N) is 1. The van der Waals surface area contributed by atoms with Crippen LogP contribution in [0.2, 0.25) is 0 Å². The Labute approximate surface area is 173 Å². The SMILES string of the molecule is COc1cccc2c1CN(Cc1ccccc1)C2.COc1cccc2c1CNC2. The number of ether oxygens (including phenoxy) is 2. The van der Waals surface area contributed by atoms with E-state index in [1.54, 1.807) is 14.2 Å². The van der Waals surface area contributed by atoms with Gasteiger partial charge in [0.2, 0.25) is 0 Å². The molecule has 0 aliphatic carbocycles. The van der Waals surface area contributed by atoms with E-state index in [2.05, 4.69) is 58.7 Å². The van der Waals surface area contributed by atoms with Crippen LogP contribution in [-0.4, -0.2) is 19.1 Å². The zero-order valence-corrected chi connectivity index (χ0v) is 17.2. The maximum Gasteiger partial charge on any atom is 0.123 e. The van der Waals surface area contributed by atoms with Crippen molar-refractivity contribution in [3.8, 4) is 11.5 Å². The summed E-state index contributed by atoms with van der Waals surface area (Å²) in [5.41, 5.74) is 6.78. The molecule has 0 fully saturated rings. The Balaban J connectivity index is 0.000000159. The molecule has 0 bridgehead atoms. The highest BCUT2D eigenvalue weighted by Crippen LogP contribution is 2.31. The lowest BCUT2D eigenvalue weighted by molar-refractivity contribution is 0.273. The molecule has 4 heteroatoms. The van der Waals surface area contributed by atoms with Crippen molar-refractivity contribution in [2.45, 2.75) is 32.7 Å².